The third-order valence-corrected chi connectivity index (χ3v) is 3.37. The van der Waals surface area contributed by atoms with Crippen molar-refractivity contribution in [1.82, 2.24) is 15.2 Å². The smallest absolute Gasteiger partial charge is 0.294 e. The molecule has 11 heteroatoms. The number of rotatable bonds is 5. The summed E-state index contributed by atoms with van der Waals surface area (Å²) in [5.41, 5.74) is -0.176. The molecular formula is C12H10N6O4S. The first-order valence-electron chi connectivity index (χ1n) is 6.01. The van der Waals surface area contributed by atoms with E-state index in [9.17, 15) is 13.2 Å². The molecule has 0 aliphatic rings. The first-order chi connectivity index (χ1) is 10.9. The first kappa shape index (κ1) is 16.1. The second kappa shape index (κ2) is 6.69. The molecule has 0 aliphatic heterocycles. The van der Waals surface area contributed by atoms with Crippen LogP contribution in [-0.2, 0) is 14.9 Å². The summed E-state index contributed by atoms with van der Waals surface area (Å²) in [5, 5.41) is 20.0. The number of nitrogens with one attached hydrogen (secondary N) is 3. The molecule has 118 valence electrons. The number of nitriles is 1. The predicted octanol–water partition coefficient (Wildman–Crippen LogP) is 0.509. The van der Waals surface area contributed by atoms with Gasteiger partial charge in [0.05, 0.1) is 4.90 Å². The van der Waals surface area contributed by atoms with E-state index in [0.717, 1.165) is 18.3 Å². The number of aromatic nitrogens is 3. The lowest BCUT2D eigenvalue weighted by molar-refractivity contribution is -0.112. The topological polar surface area (TPSA) is 161 Å². The van der Waals surface area contributed by atoms with Gasteiger partial charge in [-0.1, -0.05) is 6.07 Å². The Bertz CT molecular complexity index is 883. The lowest BCUT2D eigenvalue weighted by Crippen LogP contribution is -2.15. The van der Waals surface area contributed by atoms with Crippen LogP contribution >= 0.6 is 0 Å². The Kier molecular flexibility index (Phi) is 4.69. The molecule has 0 aliphatic carbocycles. The van der Waals surface area contributed by atoms with Crippen molar-refractivity contribution in [2.45, 2.75) is 4.90 Å². The maximum atomic E-state index is 12.0. The van der Waals surface area contributed by atoms with Crippen LogP contribution in [0.3, 0.4) is 0 Å². The van der Waals surface area contributed by atoms with Gasteiger partial charge in [-0.25, -0.2) is 5.10 Å². The van der Waals surface area contributed by atoms with Crippen LogP contribution in [0.1, 0.15) is 0 Å². The van der Waals surface area contributed by atoms with Crippen molar-refractivity contribution in [1.29, 1.82) is 5.26 Å². The lowest BCUT2D eigenvalue weighted by Gasteiger charge is -2.05. The molecule has 2 aromatic rings. The van der Waals surface area contributed by atoms with Gasteiger partial charge in [-0.15, -0.1) is 0 Å². The third-order valence-electron chi connectivity index (χ3n) is 2.52. The summed E-state index contributed by atoms with van der Waals surface area (Å²) in [6.07, 6.45) is 2.35. The predicted molar refractivity (Wildman–Crippen MR) is 78.6 cm³/mol. The van der Waals surface area contributed by atoms with Crippen LogP contribution in [0.4, 0.5) is 11.6 Å². The summed E-state index contributed by atoms with van der Waals surface area (Å²) < 4.78 is 31.1. The summed E-state index contributed by atoms with van der Waals surface area (Å²) in [4.78, 5) is 15.3. The number of nitrogens with zero attached hydrogens (tertiary/aromatic N) is 3. The maximum Gasteiger partial charge on any atom is 0.294 e. The van der Waals surface area contributed by atoms with Crippen molar-refractivity contribution < 1.29 is 17.8 Å². The first-order valence-corrected chi connectivity index (χ1v) is 7.45. The molecule has 0 saturated carbocycles. The van der Waals surface area contributed by atoms with E-state index in [0.29, 0.717) is 0 Å². The fourth-order valence-electron chi connectivity index (χ4n) is 1.50. The lowest BCUT2D eigenvalue weighted by atomic mass is 10.2. The minimum Gasteiger partial charge on any atom is -0.330 e. The second-order valence-electron chi connectivity index (χ2n) is 4.11. The Morgan fingerprint density at radius 1 is 1.43 bits per heavy atom. The number of anilines is 2. The molecule has 0 fully saturated rings. The highest BCUT2D eigenvalue weighted by Crippen LogP contribution is 2.15. The molecule has 23 heavy (non-hydrogen) atoms. The van der Waals surface area contributed by atoms with Crippen molar-refractivity contribution in [2.24, 2.45) is 0 Å². The number of carbonyl (C=O) groups excluding carboxylic acids is 1. The summed E-state index contributed by atoms with van der Waals surface area (Å²) in [6, 6.07) is 6.65. The van der Waals surface area contributed by atoms with Crippen molar-refractivity contribution in [3.8, 4) is 6.07 Å². The Morgan fingerprint density at radius 3 is 2.83 bits per heavy atom. The van der Waals surface area contributed by atoms with E-state index in [1.54, 1.807) is 6.07 Å². The van der Waals surface area contributed by atoms with Gasteiger partial charge in [-0.3, -0.25) is 9.35 Å². The fourth-order valence-corrected chi connectivity index (χ4v) is 2.02. The third kappa shape index (κ3) is 4.37. The van der Waals surface area contributed by atoms with Gasteiger partial charge in [0, 0.05) is 11.9 Å². The van der Waals surface area contributed by atoms with Crippen molar-refractivity contribution in [2.75, 3.05) is 10.6 Å². The summed E-state index contributed by atoms with van der Waals surface area (Å²) >= 11 is 0. The largest absolute Gasteiger partial charge is 0.330 e. The molecule has 1 aromatic heterocycles. The van der Waals surface area contributed by atoms with E-state index in [2.05, 4.69) is 25.8 Å². The number of hydrogen-bond donors (Lipinski definition) is 4. The molecule has 2 rings (SSSR count). The van der Waals surface area contributed by atoms with Gasteiger partial charge in [0.2, 0.25) is 5.95 Å². The van der Waals surface area contributed by atoms with Crippen molar-refractivity contribution in [3.05, 3.63) is 42.4 Å². The van der Waals surface area contributed by atoms with Gasteiger partial charge < -0.3 is 10.6 Å². The van der Waals surface area contributed by atoms with Crippen LogP contribution in [0.2, 0.25) is 0 Å². The highest BCUT2D eigenvalue weighted by atomic mass is 32.2. The zero-order chi connectivity index (χ0) is 16.9. The summed E-state index contributed by atoms with van der Waals surface area (Å²) in [7, 11) is -4.39. The van der Waals surface area contributed by atoms with E-state index in [-0.39, 0.29) is 22.1 Å². The zero-order valence-electron chi connectivity index (χ0n) is 11.4. The summed E-state index contributed by atoms with van der Waals surface area (Å²) in [6.45, 7) is 0. The molecule has 1 aromatic carbocycles. The number of aromatic amines is 1. The van der Waals surface area contributed by atoms with Gasteiger partial charge in [-0.05, 0) is 18.2 Å². The Balaban J connectivity index is 2.14. The van der Waals surface area contributed by atoms with Crippen molar-refractivity contribution >= 4 is 27.7 Å². The zero-order valence-corrected chi connectivity index (χ0v) is 12.2. The van der Waals surface area contributed by atoms with Gasteiger partial charge in [0.1, 0.15) is 18.0 Å². The molecule has 0 bridgehead atoms. The van der Waals surface area contributed by atoms with Gasteiger partial charge in [-0.2, -0.15) is 23.8 Å². The average molecular weight is 334 g/mol. The minimum absolute atomic E-state index is 0.103. The SMILES string of the molecule is N#C/C(=C/Nc1ncn[nH]1)C(=O)Nc1cccc(S(=O)(=O)O)c1. The molecular weight excluding hydrogens is 324 g/mol. The maximum absolute atomic E-state index is 12.0. The molecule has 10 nitrogen and oxygen atoms in total. The monoisotopic (exact) mass is 334 g/mol. The molecule has 0 atom stereocenters. The molecule has 4 N–H and O–H groups in total. The number of hydrogen-bond acceptors (Lipinski definition) is 7. The van der Waals surface area contributed by atoms with E-state index in [1.807, 2.05) is 0 Å². The molecule has 0 unspecified atom stereocenters. The van der Waals surface area contributed by atoms with Crippen LogP contribution in [0.15, 0.2) is 47.3 Å². The Labute approximate surface area is 130 Å². The highest BCUT2D eigenvalue weighted by Gasteiger charge is 2.13. The quantitative estimate of drug-likeness (QED) is 0.349. The number of H-pyrrole nitrogens is 1. The standard InChI is InChI=1S/C12H10N6O4S/c13-5-8(6-14-12-15-7-16-18-12)11(19)17-9-2-1-3-10(4-9)23(20,21)22/h1-4,6-7H,(H,17,19)(H,20,21,22)(H2,14,15,16,18)/b8-6-. The molecule has 0 radical (unpaired) electrons. The van der Waals surface area contributed by atoms with Gasteiger partial charge in [0.15, 0.2) is 0 Å². The van der Waals surface area contributed by atoms with Crippen LogP contribution in [-0.4, -0.2) is 34.1 Å². The number of carbonyl (C=O) groups is 1. The molecule has 1 amide bonds. The van der Waals surface area contributed by atoms with E-state index in [4.69, 9.17) is 9.81 Å². The molecule has 0 spiro atoms. The number of benzene rings is 1. The normalized spacial score (nSPS) is 11.6. The van der Waals surface area contributed by atoms with Gasteiger partial charge in [0.25, 0.3) is 16.0 Å². The summed E-state index contributed by atoms with van der Waals surface area (Å²) in [5.74, 6) is -0.536. The Morgan fingerprint density at radius 2 is 2.22 bits per heavy atom. The molecule has 1 heterocycles. The van der Waals surface area contributed by atoms with Crippen LogP contribution < -0.4 is 10.6 Å². The number of amides is 1. The van der Waals surface area contributed by atoms with E-state index >= 15 is 0 Å². The second-order valence-corrected chi connectivity index (χ2v) is 5.53. The van der Waals surface area contributed by atoms with Crippen LogP contribution in [0.25, 0.3) is 0 Å². The minimum atomic E-state index is -4.39. The average Bonchev–Trinajstić information content (AvgIpc) is 3.00. The molecule has 0 saturated heterocycles. The van der Waals surface area contributed by atoms with Gasteiger partial charge >= 0.3 is 0 Å². The van der Waals surface area contributed by atoms with E-state index < -0.39 is 16.0 Å². The van der Waals surface area contributed by atoms with E-state index in [1.165, 1.54) is 18.5 Å². The van der Waals surface area contributed by atoms with Crippen LogP contribution in [0.5, 0.6) is 0 Å². The van der Waals surface area contributed by atoms with Crippen molar-refractivity contribution in [3.63, 3.8) is 0 Å². The fraction of sp³-hybridized carbons (Fsp3) is 0. The Hall–Kier alpha value is -3.23. The highest BCUT2D eigenvalue weighted by molar-refractivity contribution is 7.85. The van der Waals surface area contributed by atoms with Crippen LogP contribution in [0, 0.1) is 11.3 Å².